The first-order valence-corrected chi connectivity index (χ1v) is 40.4. The zero-order valence-corrected chi connectivity index (χ0v) is 59.5. The monoisotopic (exact) mass is 1230 g/mol. The van der Waals surface area contributed by atoms with Crippen molar-refractivity contribution in [1.82, 2.24) is 5.32 Å². The van der Waals surface area contributed by atoms with Crippen LogP contribution in [0.3, 0.4) is 0 Å². The molecule has 6 nitrogen and oxygen atoms in total. The molecular weight excluding hydrogens is 1070 g/mol. The second-order valence-electron chi connectivity index (χ2n) is 28.1. The van der Waals surface area contributed by atoms with E-state index in [2.05, 4.69) is 31.3 Å². The van der Waals surface area contributed by atoms with E-state index in [4.69, 9.17) is 4.74 Å². The summed E-state index contributed by atoms with van der Waals surface area (Å²) < 4.78 is 5.51. The number of hydrogen-bond donors (Lipinski definition) is 3. The van der Waals surface area contributed by atoms with E-state index in [-0.39, 0.29) is 18.5 Å². The van der Waals surface area contributed by atoms with Gasteiger partial charge in [0.25, 0.3) is 0 Å². The number of unbranched alkanes of at least 4 members (excludes halogenated alkanes) is 64. The van der Waals surface area contributed by atoms with Gasteiger partial charge in [0, 0.05) is 12.8 Å². The molecule has 0 heterocycles. The summed E-state index contributed by atoms with van der Waals surface area (Å²) in [6.07, 6.45) is 97.5. The number of carbonyl (C=O) groups is 2. The summed E-state index contributed by atoms with van der Waals surface area (Å²) in [5, 5.41) is 23.4. The van der Waals surface area contributed by atoms with Crippen molar-refractivity contribution in [1.29, 1.82) is 0 Å². The van der Waals surface area contributed by atoms with Gasteiger partial charge in [-0.1, -0.05) is 418 Å². The lowest BCUT2D eigenvalue weighted by atomic mass is 10.0. The third-order valence-electron chi connectivity index (χ3n) is 19.3. The van der Waals surface area contributed by atoms with Crippen LogP contribution in [0, 0.1) is 0 Å². The van der Waals surface area contributed by atoms with Crippen LogP contribution in [0.2, 0.25) is 0 Å². The Balaban J connectivity index is 3.30. The van der Waals surface area contributed by atoms with Gasteiger partial charge in [0.1, 0.15) is 0 Å². The molecule has 0 aromatic rings. The molecule has 0 saturated carbocycles. The molecule has 0 aromatic carbocycles. The van der Waals surface area contributed by atoms with Crippen molar-refractivity contribution in [2.45, 2.75) is 482 Å². The maximum atomic E-state index is 12.5. The molecule has 0 aliphatic heterocycles. The molecule has 518 valence electrons. The van der Waals surface area contributed by atoms with Crippen LogP contribution in [0.1, 0.15) is 470 Å². The van der Waals surface area contributed by atoms with Gasteiger partial charge < -0.3 is 20.3 Å². The number of rotatable bonds is 77. The summed E-state index contributed by atoms with van der Waals surface area (Å²) in [6.45, 7) is 5.01. The van der Waals surface area contributed by atoms with E-state index in [9.17, 15) is 19.8 Å². The minimum atomic E-state index is -0.660. The van der Waals surface area contributed by atoms with Crippen molar-refractivity contribution in [3.63, 3.8) is 0 Å². The zero-order valence-electron chi connectivity index (χ0n) is 59.5. The number of amides is 1. The smallest absolute Gasteiger partial charge is 0.305 e. The second kappa shape index (κ2) is 77.1. The van der Waals surface area contributed by atoms with Crippen molar-refractivity contribution < 1.29 is 24.5 Å². The molecule has 1 amide bonds. The van der Waals surface area contributed by atoms with E-state index >= 15 is 0 Å². The van der Waals surface area contributed by atoms with Crippen LogP contribution in [0.25, 0.3) is 0 Å². The molecule has 2 atom stereocenters. The zero-order chi connectivity index (χ0) is 62.8. The van der Waals surface area contributed by atoms with Crippen LogP contribution < -0.4 is 5.32 Å². The highest BCUT2D eigenvalue weighted by Gasteiger charge is 2.20. The fourth-order valence-corrected chi connectivity index (χ4v) is 13.2. The SMILES string of the molecule is CCCCCCCCCCCCCCCCCCC(=O)OCCCCCCCCCCCCCCCCCCCC/C=C\CCCCCCCCCCCCCCCCCCCC(=O)NC(CO)C(O)CCCCCCCCCCCCCCCCC. The predicted molar refractivity (Wildman–Crippen MR) is 384 cm³/mol. The molecule has 0 radical (unpaired) electrons. The van der Waals surface area contributed by atoms with Crippen molar-refractivity contribution in [3.05, 3.63) is 12.2 Å². The lowest BCUT2D eigenvalue weighted by molar-refractivity contribution is -0.143. The van der Waals surface area contributed by atoms with Gasteiger partial charge in [-0.3, -0.25) is 9.59 Å². The van der Waals surface area contributed by atoms with Crippen LogP contribution in [-0.2, 0) is 14.3 Å². The van der Waals surface area contributed by atoms with Gasteiger partial charge in [0.05, 0.1) is 25.4 Å². The molecule has 0 aliphatic rings. The predicted octanol–water partition coefficient (Wildman–Crippen LogP) is 26.7. The van der Waals surface area contributed by atoms with E-state index in [1.807, 2.05) is 0 Å². The Morgan fingerprint density at radius 1 is 0.310 bits per heavy atom. The highest BCUT2D eigenvalue weighted by molar-refractivity contribution is 5.76. The lowest BCUT2D eigenvalue weighted by Crippen LogP contribution is -2.45. The van der Waals surface area contributed by atoms with Gasteiger partial charge in [-0.05, 0) is 51.4 Å². The topological polar surface area (TPSA) is 95.9 Å². The van der Waals surface area contributed by atoms with Gasteiger partial charge in [0.15, 0.2) is 0 Å². The van der Waals surface area contributed by atoms with Crippen LogP contribution in [-0.4, -0.2) is 47.4 Å². The number of aliphatic hydroxyl groups excluding tert-OH is 2. The molecule has 0 bridgehead atoms. The highest BCUT2D eigenvalue weighted by atomic mass is 16.5. The Hall–Kier alpha value is -1.40. The Labute approximate surface area is 546 Å². The molecule has 2 unspecified atom stereocenters. The summed E-state index contributed by atoms with van der Waals surface area (Å²) in [6, 6.07) is -0.537. The summed E-state index contributed by atoms with van der Waals surface area (Å²) >= 11 is 0. The molecule has 0 rings (SSSR count). The number of carbonyl (C=O) groups excluding carboxylic acids is 2. The molecule has 6 heteroatoms. The summed E-state index contributed by atoms with van der Waals surface area (Å²) in [5.41, 5.74) is 0. The maximum absolute atomic E-state index is 12.5. The Morgan fingerprint density at radius 2 is 0.540 bits per heavy atom. The van der Waals surface area contributed by atoms with Gasteiger partial charge in [-0.15, -0.1) is 0 Å². The second-order valence-corrected chi connectivity index (χ2v) is 28.1. The van der Waals surface area contributed by atoms with Crippen LogP contribution >= 0.6 is 0 Å². The van der Waals surface area contributed by atoms with E-state index < -0.39 is 12.1 Å². The first-order chi connectivity index (χ1) is 43.0. The third kappa shape index (κ3) is 73.5. The summed E-state index contributed by atoms with van der Waals surface area (Å²) in [4.78, 5) is 24.6. The van der Waals surface area contributed by atoms with Gasteiger partial charge >= 0.3 is 5.97 Å². The number of allylic oxidation sites excluding steroid dienone is 2. The molecule has 87 heavy (non-hydrogen) atoms. The minimum absolute atomic E-state index is 0.0267. The van der Waals surface area contributed by atoms with Crippen LogP contribution in [0.15, 0.2) is 12.2 Å². The summed E-state index contributed by atoms with van der Waals surface area (Å²) in [7, 11) is 0. The number of ether oxygens (including phenoxy) is 1. The molecule has 0 spiro atoms. The molecular formula is C81H159NO5. The van der Waals surface area contributed by atoms with E-state index in [1.54, 1.807) is 0 Å². The number of hydrogen-bond acceptors (Lipinski definition) is 5. The van der Waals surface area contributed by atoms with E-state index in [0.717, 1.165) is 38.5 Å². The fourth-order valence-electron chi connectivity index (χ4n) is 13.2. The number of esters is 1. The standard InChI is InChI=1S/C81H159NO5/c1-3-5-7-9-11-13-15-17-19-47-51-55-59-63-67-71-75-81(86)87-76-72-68-64-60-56-52-48-44-42-40-38-36-34-32-30-28-26-24-22-20-21-23-25-27-29-31-33-35-37-39-41-43-46-50-54-58-62-66-70-74-80(85)82-78(77-83)79(84)73-69-65-61-57-53-49-45-18-16-14-12-10-8-6-4-2/h20-21,78-79,83-84H,3-19,22-77H2,1-2H3,(H,82,85)/b21-20-. The fraction of sp³-hybridized carbons (Fsp3) is 0.951. The van der Waals surface area contributed by atoms with Gasteiger partial charge in [-0.25, -0.2) is 0 Å². The molecule has 3 N–H and O–H groups in total. The lowest BCUT2D eigenvalue weighted by Gasteiger charge is -2.22. The Kier molecular flexibility index (Phi) is 75.8. The van der Waals surface area contributed by atoms with Crippen molar-refractivity contribution in [2.24, 2.45) is 0 Å². The third-order valence-corrected chi connectivity index (χ3v) is 19.3. The normalized spacial score (nSPS) is 12.5. The number of nitrogens with one attached hydrogen (secondary N) is 1. The first kappa shape index (κ1) is 85.6. The van der Waals surface area contributed by atoms with Gasteiger partial charge in [-0.2, -0.15) is 0 Å². The van der Waals surface area contributed by atoms with Crippen LogP contribution in [0.5, 0.6) is 0 Å². The molecule has 0 aromatic heterocycles. The maximum Gasteiger partial charge on any atom is 0.305 e. The minimum Gasteiger partial charge on any atom is -0.466 e. The van der Waals surface area contributed by atoms with Gasteiger partial charge in [0.2, 0.25) is 5.91 Å². The van der Waals surface area contributed by atoms with E-state index in [0.29, 0.717) is 25.9 Å². The average molecular weight is 1230 g/mol. The Morgan fingerprint density at radius 3 is 0.816 bits per heavy atom. The van der Waals surface area contributed by atoms with E-state index in [1.165, 1.54) is 398 Å². The summed E-state index contributed by atoms with van der Waals surface area (Å²) in [5.74, 6) is 0.000464. The molecule has 0 saturated heterocycles. The largest absolute Gasteiger partial charge is 0.466 e. The Bertz CT molecular complexity index is 1320. The molecule has 0 fully saturated rings. The highest BCUT2D eigenvalue weighted by Crippen LogP contribution is 2.20. The van der Waals surface area contributed by atoms with Crippen molar-refractivity contribution >= 4 is 11.9 Å². The van der Waals surface area contributed by atoms with Crippen LogP contribution in [0.4, 0.5) is 0 Å². The average Bonchev–Trinajstić information content (AvgIpc) is 3.56. The van der Waals surface area contributed by atoms with Crippen molar-refractivity contribution in [3.8, 4) is 0 Å². The number of aliphatic hydroxyl groups is 2. The molecule has 0 aliphatic carbocycles. The van der Waals surface area contributed by atoms with Crippen molar-refractivity contribution in [2.75, 3.05) is 13.2 Å². The first-order valence-electron chi connectivity index (χ1n) is 40.4. The quantitative estimate of drug-likeness (QED) is 0.0320.